The molecule has 9 heteroatoms. The molecule has 1 fully saturated rings. The van der Waals surface area contributed by atoms with Crippen LogP contribution in [0.4, 0.5) is 22.2 Å². The van der Waals surface area contributed by atoms with Crippen LogP contribution < -0.4 is 20.9 Å². The first-order valence-corrected chi connectivity index (χ1v) is 10.8. The van der Waals surface area contributed by atoms with E-state index in [0.717, 1.165) is 37.1 Å². The van der Waals surface area contributed by atoms with Gasteiger partial charge in [0, 0.05) is 38.4 Å². The molecule has 7 nitrogen and oxygen atoms in total. The number of carbonyl (C=O) groups excluding carboxylic acids is 1. The molecule has 1 saturated carbocycles. The van der Waals surface area contributed by atoms with E-state index in [9.17, 15) is 4.79 Å². The number of primary amides is 1. The van der Waals surface area contributed by atoms with E-state index in [-0.39, 0.29) is 0 Å². The molecule has 162 valence electrons. The van der Waals surface area contributed by atoms with Gasteiger partial charge in [0.15, 0.2) is 0 Å². The Morgan fingerprint density at radius 3 is 2.57 bits per heavy atom. The molecule has 0 spiro atoms. The number of nitrogens with two attached hydrogens (primary N) is 1. The minimum atomic E-state index is -0.524. The van der Waals surface area contributed by atoms with Gasteiger partial charge in [0.2, 0.25) is 5.95 Å². The van der Waals surface area contributed by atoms with Crippen molar-refractivity contribution >= 4 is 46.7 Å². The molecule has 0 radical (unpaired) electrons. The smallest absolute Gasteiger partial charge is 0.319 e. The van der Waals surface area contributed by atoms with Crippen LogP contribution in [-0.4, -0.2) is 42.7 Å². The van der Waals surface area contributed by atoms with Crippen molar-refractivity contribution in [1.82, 2.24) is 9.97 Å². The van der Waals surface area contributed by atoms with Crippen LogP contribution >= 0.6 is 23.2 Å². The Morgan fingerprint density at radius 1 is 1.23 bits per heavy atom. The molecule has 3 N–H and O–H groups in total. The number of anilines is 3. The Labute approximate surface area is 187 Å². The summed E-state index contributed by atoms with van der Waals surface area (Å²) in [6.07, 6.45) is 5.71. The third-order valence-electron chi connectivity index (χ3n) is 5.48. The van der Waals surface area contributed by atoms with Gasteiger partial charge in [-0.15, -0.1) is 0 Å². The summed E-state index contributed by atoms with van der Waals surface area (Å²) >= 11 is 12.4. The standard InChI is InChI=1S/C21H28Cl2N6O/c1-13-11-25-21(27-19(13)28(2)3)26-15-9-7-14(8-10-15)12-29(20(24)30)17-6-4-5-16(22)18(17)23/h4-6,11,14-15H,7-10,12H2,1-3H3,(H2,24,30)(H,25,26,27). The molecule has 1 aliphatic carbocycles. The van der Waals surface area contributed by atoms with Gasteiger partial charge in [0.05, 0.1) is 15.7 Å². The van der Waals surface area contributed by atoms with Crippen LogP contribution in [0.1, 0.15) is 31.2 Å². The predicted octanol–water partition coefficient (Wildman–Crippen LogP) is 4.71. The van der Waals surface area contributed by atoms with Gasteiger partial charge in [-0.3, -0.25) is 4.90 Å². The minimum absolute atomic E-state index is 0.302. The fourth-order valence-corrected chi connectivity index (χ4v) is 4.29. The van der Waals surface area contributed by atoms with E-state index in [1.165, 1.54) is 4.90 Å². The van der Waals surface area contributed by atoms with Gasteiger partial charge in [0.25, 0.3) is 0 Å². The largest absolute Gasteiger partial charge is 0.362 e. The summed E-state index contributed by atoms with van der Waals surface area (Å²) in [6, 6.07) is 5.00. The summed E-state index contributed by atoms with van der Waals surface area (Å²) in [6.45, 7) is 2.52. The zero-order chi connectivity index (χ0) is 21.8. The highest BCUT2D eigenvalue weighted by Gasteiger charge is 2.26. The van der Waals surface area contributed by atoms with Crippen molar-refractivity contribution < 1.29 is 4.79 Å². The quantitative estimate of drug-likeness (QED) is 0.664. The Balaban J connectivity index is 1.60. The molecular formula is C21H28Cl2N6O. The Bertz CT molecular complexity index is 899. The molecule has 0 saturated heterocycles. The summed E-state index contributed by atoms with van der Waals surface area (Å²) in [5.41, 5.74) is 7.24. The van der Waals surface area contributed by atoms with Crippen LogP contribution in [0.2, 0.25) is 10.0 Å². The fraction of sp³-hybridized carbons (Fsp3) is 0.476. The molecule has 1 aromatic heterocycles. The van der Waals surface area contributed by atoms with Crippen LogP contribution in [0.5, 0.6) is 0 Å². The normalized spacial score (nSPS) is 18.7. The molecule has 0 atom stereocenters. The first kappa shape index (κ1) is 22.4. The molecule has 1 heterocycles. The van der Waals surface area contributed by atoms with Crippen LogP contribution in [0.15, 0.2) is 24.4 Å². The van der Waals surface area contributed by atoms with Gasteiger partial charge >= 0.3 is 6.03 Å². The van der Waals surface area contributed by atoms with Crippen molar-refractivity contribution in [3.05, 3.63) is 40.0 Å². The lowest BCUT2D eigenvalue weighted by molar-refractivity contribution is 0.250. The number of nitrogens with one attached hydrogen (secondary N) is 1. The zero-order valence-corrected chi connectivity index (χ0v) is 19.0. The molecule has 0 unspecified atom stereocenters. The molecule has 2 aromatic rings. The second-order valence-corrected chi connectivity index (χ2v) is 8.76. The van der Waals surface area contributed by atoms with E-state index in [0.29, 0.717) is 40.2 Å². The van der Waals surface area contributed by atoms with Crippen molar-refractivity contribution in [1.29, 1.82) is 0 Å². The van der Waals surface area contributed by atoms with Crippen molar-refractivity contribution in [3.8, 4) is 0 Å². The lowest BCUT2D eigenvalue weighted by Gasteiger charge is -2.33. The van der Waals surface area contributed by atoms with Crippen molar-refractivity contribution in [2.45, 2.75) is 38.6 Å². The second kappa shape index (κ2) is 9.71. The van der Waals surface area contributed by atoms with Gasteiger partial charge < -0.3 is 16.0 Å². The average molecular weight is 451 g/mol. The van der Waals surface area contributed by atoms with E-state index >= 15 is 0 Å². The van der Waals surface area contributed by atoms with Gasteiger partial charge in [-0.05, 0) is 50.7 Å². The molecular weight excluding hydrogens is 423 g/mol. The maximum atomic E-state index is 12.1. The number of nitrogens with zero attached hydrogens (tertiary/aromatic N) is 4. The van der Waals surface area contributed by atoms with Crippen molar-refractivity contribution in [2.24, 2.45) is 11.7 Å². The summed E-state index contributed by atoms with van der Waals surface area (Å²) < 4.78 is 0. The Morgan fingerprint density at radius 2 is 1.93 bits per heavy atom. The average Bonchev–Trinajstić information content (AvgIpc) is 2.71. The Hall–Kier alpha value is -2.25. The first-order chi connectivity index (χ1) is 14.3. The summed E-state index contributed by atoms with van der Waals surface area (Å²) in [7, 11) is 3.95. The van der Waals surface area contributed by atoms with Crippen LogP contribution in [0.3, 0.4) is 0 Å². The minimum Gasteiger partial charge on any atom is -0.362 e. The number of carbonyl (C=O) groups is 1. The number of hydrogen-bond acceptors (Lipinski definition) is 5. The molecule has 2 amide bonds. The number of amides is 2. The van der Waals surface area contributed by atoms with Gasteiger partial charge in [-0.25, -0.2) is 9.78 Å². The highest BCUT2D eigenvalue weighted by Crippen LogP contribution is 2.34. The van der Waals surface area contributed by atoms with E-state index in [1.807, 2.05) is 32.1 Å². The lowest BCUT2D eigenvalue weighted by atomic mass is 9.85. The summed E-state index contributed by atoms with van der Waals surface area (Å²) in [4.78, 5) is 24.6. The van der Waals surface area contributed by atoms with Gasteiger partial charge in [0.1, 0.15) is 5.82 Å². The SMILES string of the molecule is Cc1cnc(NC2CCC(CN(C(N)=O)c3cccc(Cl)c3Cl)CC2)nc1N(C)C. The highest BCUT2D eigenvalue weighted by molar-refractivity contribution is 6.44. The number of urea groups is 1. The van der Waals surface area contributed by atoms with Crippen molar-refractivity contribution in [3.63, 3.8) is 0 Å². The van der Waals surface area contributed by atoms with Crippen LogP contribution in [-0.2, 0) is 0 Å². The third-order valence-corrected chi connectivity index (χ3v) is 6.29. The first-order valence-electron chi connectivity index (χ1n) is 10.0. The summed E-state index contributed by atoms with van der Waals surface area (Å²) in [5.74, 6) is 1.90. The molecule has 0 aliphatic heterocycles. The number of hydrogen-bond donors (Lipinski definition) is 2. The lowest BCUT2D eigenvalue weighted by Crippen LogP contribution is -2.41. The van der Waals surface area contributed by atoms with E-state index < -0.39 is 6.03 Å². The number of halogens is 2. The Kier molecular flexibility index (Phi) is 7.26. The summed E-state index contributed by atoms with van der Waals surface area (Å²) in [5, 5.41) is 4.21. The molecule has 1 aromatic carbocycles. The maximum absolute atomic E-state index is 12.1. The number of benzene rings is 1. The monoisotopic (exact) mass is 450 g/mol. The number of aromatic nitrogens is 2. The van der Waals surface area contributed by atoms with Crippen LogP contribution in [0, 0.1) is 12.8 Å². The molecule has 1 aliphatic rings. The van der Waals surface area contributed by atoms with E-state index in [1.54, 1.807) is 18.2 Å². The van der Waals surface area contributed by atoms with Crippen LogP contribution in [0.25, 0.3) is 0 Å². The molecule has 3 rings (SSSR count). The maximum Gasteiger partial charge on any atom is 0.319 e. The number of rotatable bonds is 6. The topological polar surface area (TPSA) is 87.4 Å². The van der Waals surface area contributed by atoms with Gasteiger partial charge in [-0.1, -0.05) is 29.3 Å². The zero-order valence-electron chi connectivity index (χ0n) is 17.5. The second-order valence-electron chi connectivity index (χ2n) is 7.98. The van der Waals surface area contributed by atoms with E-state index in [4.69, 9.17) is 28.9 Å². The molecule has 0 bridgehead atoms. The third kappa shape index (κ3) is 5.26. The van der Waals surface area contributed by atoms with Crippen molar-refractivity contribution in [2.75, 3.05) is 35.8 Å². The highest BCUT2D eigenvalue weighted by atomic mass is 35.5. The van der Waals surface area contributed by atoms with Gasteiger partial charge in [-0.2, -0.15) is 4.98 Å². The molecule has 30 heavy (non-hydrogen) atoms. The fourth-order valence-electron chi connectivity index (χ4n) is 3.89. The predicted molar refractivity (Wildman–Crippen MR) is 124 cm³/mol. The van der Waals surface area contributed by atoms with E-state index in [2.05, 4.69) is 15.3 Å². The number of aryl methyl sites for hydroxylation is 1.